The Bertz CT molecular complexity index is 2020. The molecule has 0 saturated heterocycles. The number of ether oxygens (including phenoxy) is 5. The van der Waals surface area contributed by atoms with Crippen LogP contribution in [0, 0.1) is 5.92 Å². The van der Waals surface area contributed by atoms with E-state index in [9.17, 15) is 19.2 Å². The highest BCUT2D eigenvalue weighted by Gasteiger charge is 2.17. The first-order valence-corrected chi connectivity index (χ1v) is 17.8. The maximum absolute atomic E-state index is 12.8. The normalized spacial score (nSPS) is 10.8. The first-order valence-electron chi connectivity index (χ1n) is 17.8. The van der Waals surface area contributed by atoms with Gasteiger partial charge in [0.2, 0.25) is 0 Å². The Morgan fingerprint density at radius 1 is 0.618 bits per heavy atom. The standard InChI is InChI=1S/C46H46O9/c1-8-35-27-39(38-16-21-41(22-17-38)54-46(50)32(6)7)18-23-42(35)55-43(47)24-11-33-9-12-36(13-10-33)37-14-19-40(20-15-37)51-26-25-34(28-52-44(48)30(2)3)29-53-45(49)31(4)5/h9-24,27,34H,2,4,6,8,25-26,28-29H2,1,3,5,7H3/b24-11+. The first kappa shape index (κ1) is 41.3. The topological polar surface area (TPSA) is 114 Å². The summed E-state index contributed by atoms with van der Waals surface area (Å²) in [7, 11) is 0. The Balaban J connectivity index is 1.29. The van der Waals surface area contributed by atoms with Crippen molar-refractivity contribution in [1.29, 1.82) is 0 Å². The fraction of sp³-hybridized carbons (Fsp3) is 0.217. The molecule has 0 saturated carbocycles. The van der Waals surface area contributed by atoms with Crippen molar-refractivity contribution in [3.05, 3.63) is 145 Å². The maximum atomic E-state index is 12.8. The molecule has 0 N–H and O–H groups in total. The minimum atomic E-state index is -0.504. The van der Waals surface area contributed by atoms with Gasteiger partial charge in [0.25, 0.3) is 0 Å². The summed E-state index contributed by atoms with van der Waals surface area (Å²) in [6, 6.07) is 28.2. The molecule has 4 aromatic carbocycles. The quantitative estimate of drug-likeness (QED) is 0.0559. The Hall–Kier alpha value is -6.48. The Morgan fingerprint density at radius 2 is 1.11 bits per heavy atom. The molecule has 0 aliphatic heterocycles. The third-order valence-corrected chi connectivity index (χ3v) is 8.30. The lowest BCUT2D eigenvalue weighted by atomic mass is 10.0. The van der Waals surface area contributed by atoms with Crippen LogP contribution >= 0.6 is 0 Å². The molecule has 4 rings (SSSR count). The lowest BCUT2D eigenvalue weighted by molar-refractivity contribution is -0.144. The minimum Gasteiger partial charge on any atom is -0.494 e. The summed E-state index contributed by atoms with van der Waals surface area (Å²) in [6.07, 6.45) is 4.25. The van der Waals surface area contributed by atoms with Crippen molar-refractivity contribution in [2.24, 2.45) is 5.92 Å². The van der Waals surface area contributed by atoms with Gasteiger partial charge in [-0.25, -0.2) is 19.2 Å². The van der Waals surface area contributed by atoms with E-state index in [0.717, 1.165) is 33.4 Å². The molecule has 0 aliphatic carbocycles. The van der Waals surface area contributed by atoms with Crippen LogP contribution in [0.15, 0.2) is 134 Å². The molecule has 0 amide bonds. The molecular formula is C46H46O9. The number of benzene rings is 4. The highest BCUT2D eigenvalue weighted by atomic mass is 16.6. The van der Waals surface area contributed by atoms with Gasteiger partial charge in [-0.2, -0.15) is 0 Å². The summed E-state index contributed by atoms with van der Waals surface area (Å²) < 4.78 is 27.5. The highest BCUT2D eigenvalue weighted by molar-refractivity contribution is 5.90. The van der Waals surface area contributed by atoms with Crippen molar-refractivity contribution in [2.75, 3.05) is 19.8 Å². The predicted octanol–water partition coefficient (Wildman–Crippen LogP) is 9.31. The van der Waals surface area contributed by atoms with E-state index in [1.807, 2.05) is 79.7 Å². The molecule has 9 nitrogen and oxygen atoms in total. The smallest absolute Gasteiger partial charge is 0.338 e. The SMILES string of the molecule is C=C(C)C(=O)OCC(CCOc1ccc(-c2ccc(/C=C/C(=O)Oc3ccc(-c4ccc(OC(=O)C(=C)C)cc4)cc3CC)cc2)cc1)COC(=O)C(=C)C. The van der Waals surface area contributed by atoms with Crippen molar-refractivity contribution < 1.29 is 42.9 Å². The lowest BCUT2D eigenvalue weighted by Crippen LogP contribution is -2.23. The number of carbonyl (C=O) groups excluding carboxylic acids is 4. The third-order valence-electron chi connectivity index (χ3n) is 8.30. The van der Waals surface area contributed by atoms with Gasteiger partial charge in [0.05, 0.1) is 19.8 Å². The van der Waals surface area contributed by atoms with Crippen LogP contribution in [-0.4, -0.2) is 43.7 Å². The zero-order valence-electron chi connectivity index (χ0n) is 31.7. The molecule has 0 aromatic heterocycles. The molecule has 0 unspecified atom stereocenters. The van der Waals surface area contributed by atoms with E-state index in [1.54, 1.807) is 45.0 Å². The van der Waals surface area contributed by atoms with E-state index < -0.39 is 23.9 Å². The highest BCUT2D eigenvalue weighted by Crippen LogP contribution is 2.29. The van der Waals surface area contributed by atoms with Crippen LogP contribution in [0.3, 0.4) is 0 Å². The molecule has 0 heterocycles. The number of aryl methyl sites for hydroxylation is 1. The van der Waals surface area contributed by atoms with Gasteiger partial charge in [-0.1, -0.05) is 81.3 Å². The Labute approximate surface area is 322 Å². The molecule has 0 fully saturated rings. The van der Waals surface area contributed by atoms with Gasteiger partial charge in [0.1, 0.15) is 17.2 Å². The monoisotopic (exact) mass is 742 g/mol. The number of carbonyl (C=O) groups is 4. The van der Waals surface area contributed by atoms with Crippen LogP contribution in [0.1, 0.15) is 45.2 Å². The van der Waals surface area contributed by atoms with Crippen molar-refractivity contribution in [1.82, 2.24) is 0 Å². The fourth-order valence-electron chi connectivity index (χ4n) is 5.07. The van der Waals surface area contributed by atoms with Crippen LogP contribution < -0.4 is 14.2 Å². The number of rotatable bonds is 18. The molecule has 0 aliphatic rings. The van der Waals surface area contributed by atoms with Crippen molar-refractivity contribution >= 4 is 30.0 Å². The van der Waals surface area contributed by atoms with Crippen LogP contribution in [-0.2, 0) is 35.1 Å². The summed E-state index contributed by atoms with van der Waals surface area (Å²) in [5, 5.41) is 0. The summed E-state index contributed by atoms with van der Waals surface area (Å²) in [6.45, 7) is 18.0. The van der Waals surface area contributed by atoms with Gasteiger partial charge in [0.15, 0.2) is 0 Å². The van der Waals surface area contributed by atoms with E-state index in [4.69, 9.17) is 23.7 Å². The van der Waals surface area contributed by atoms with Gasteiger partial charge in [-0.05, 0) is 109 Å². The molecular weight excluding hydrogens is 696 g/mol. The zero-order chi connectivity index (χ0) is 39.9. The molecule has 284 valence electrons. The average molecular weight is 743 g/mol. The van der Waals surface area contributed by atoms with Gasteiger partial charge < -0.3 is 23.7 Å². The van der Waals surface area contributed by atoms with Gasteiger partial charge in [-0.15, -0.1) is 0 Å². The number of esters is 4. The van der Waals surface area contributed by atoms with Crippen molar-refractivity contribution in [2.45, 2.75) is 40.5 Å². The van der Waals surface area contributed by atoms with Gasteiger partial charge >= 0.3 is 23.9 Å². The molecule has 0 spiro atoms. The van der Waals surface area contributed by atoms with E-state index in [-0.39, 0.29) is 30.3 Å². The Morgan fingerprint density at radius 3 is 1.64 bits per heavy atom. The molecule has 0 bridgehead atoms. The molecule has 0 atom stereocenters. The minimum absolute atomic E-state index is 0.0637. The van der Waals surface area contributed by atoms with E-state index >= 15 is 0 Å². The van der Waals surface area contributed by atoms with E-state index in [2.05, 4.69) is 19.7 Å². The van der Waals surface area contributed by atoms with E-state index in [1.165, 1.54) is 6.08 Å². The van der Waals surface area contributed by atoms with Crippen molar-refractivity contribution in [3.63, 3.8) is 0 Å². The van der Waals surface area contributed by atoms with Crippen LogP contribution in [0.4, 0.5) is 0 Å². The van der Waals surface area contributed by atoms with Crippen LogP contribution in [0.5, 0.6) is 17.2 Å². The van der Waals surface area contributed by atoms with Gasteiger partial charge in [0, 0.05) is 28.7 Å². The molecule has 9 heteroatoms. The van der Waals surface area contributed by atoms with Crippen LogP contribution in [0.25, 0.3) is 28.3 Å². The third kappa shape index (κ3) is 12.9. The summed E-state index contributed by atoms with van der Waals surface area (Å²) >= 11 is 0. The van der Waals surface area contributed by atoms with Crippen LogP contribution in [0.2, 0.25) is 0 Å². The maximum Gasteiger partial charge on any atom is 0.338 e. The van der Waals surface area contributed by atoms with Gasteiger partial charge in [-0.3, -0.25) is 0 Å². The first-order chi connectivity index (χ1) is 26.3. The van der Waals surface area contributed by atoms with E-state index in [0.29, 0.717) is 42.3 Å². The van der Waals surface area contributed by atoms with Crippen molar-refractivity contribution in [3.8, 4) is 39.5 Å². The largest absolute Gasteiger partial charge is 0.494 e. The Kier molecular flexibility index (Phi) is 15.1. The second-order valence-corrected chi connectivity index (χ2v) is 13.0. The summed E-state index contributed by atoms with van der Waals surface area (Å²) in [5.41, 5.74) is 6.46. The summed E-state index contributed by atoms with van der Waals surface area (Å²) in [5.74, 6) is -0.648. The number of hydrogen-bond donors (Lipinski definition) is 0. The molecule has 0 radical (unpaired) electrons. The average Bonchev–Trinajstić information content (AvgIpc) is 3.18. The summed E-state index contributed by atoms with van der Waals surface area (Å²) in [4.78, 5) is 48.3. The lowest BCUT2D eigenvalue weighted by Gasteiger charge is -2.18. The zero-order valence-corrected chi connectivity index (χ0v) is 31.7. The second kappa shape index (κ2) is 20.1. The number of hydrogen-bond acceptors (Lipinski definition) is 9. The second-order valence-electron chi connectivity index (χ2n) is 13.0. The molecule has 4 aromatic rings. The predicted molar refractivity (Wildman–Crippen MR) is 213 cm³/mol. The fourth-order valence-corrected chi connectivity index (χ4v) is 5.07. The molecule has 55 heavy (non-hydrogen) atoms.